The molecule has 1 N–H and O–H groups in total. The van der Waals surface area contributed by atoms with E-state index in [-0.39, 0.29) is 5.82 Å². The van der Waals surface area contributed by atoms with E-state index >= 15 is 0 Å². The zero-order valence-electron chi connectivity index (χ0n) is 13.3. The summed E-state index contributed by atoms with van der Waals surface area (Å²) >= 11 is 0. The summed E-state index contributed by atoms with van der Waals surface area (Å²) in [5.41, 5.74) is -0.0725. The number of rotatable bonds is 5. The quantitative estimate of drug-likeness (QED) is 0.836. The molecule has 0 radical (unpaired) electrons. The Morgan fingerprint density at radius 1 is 1.19 bits per heavy atom. The summed E-state index contributed by atoms with van der Waals surface area (Å²) in [6.07, 6.45) is 7.37. The van der Waals surface area contributed by atoms with E-state index in [4.69, 9.17) is 4.74 Å². The Kier molecular flexibility index (Phi) is 5.51. The van der Waals surface area contributed by atoms with Gasteiger partial charge >= 0.3 is 0 Å². The predicted octanol–water partition coefficient (Wildman–Crippen LogP) is 3.94. The van der Waals surface area contributed by atoms with E-state index in [1.165, 1.54) is 12.8 Å². The predicted molar refractivity (Wildman–Crippen MR) is 81.9 cm³/mol. The van der Waals surface area contributed by atoms with Crippen LogP contribution in [0.15, 0.2) is 0 Å². The van der Waals surface area contributed by atoms with Crippen molar-refractivity contribution in [3.05, 3.63) is 17.3 Å². The summed E-state index contributed by atoms with van der Waals surface area (Å²) in [5, 5.41) is 3.06. The molecule has 0 aliphatic heterocycles. The Bertz CT molecular complexity index is 471. The first-order valence-electron chi connectivity index (χ1n) is 7.96. The summed E-state index contributed by atoms with van der Waals surface area (Å²) in [4.78, 5) is 8.86. The molecule has 1 aliphatic rings. The fourth-order valence-corrected chi connectivity index (χ4v) is 2.94. The van der Waals surface area contributed by atoms with Crippen molar-refractivity contribution in [3.63, 3.8) is 0 Å². The van der Waals surface area contributed by atoms with Crippen molar-refractivity contribution >= 4 is 5.82 Å². The van der Waals surface area contributed by atoms with Gasteiger partial charge in [-0.3, -0.25) is 0 Å². The van der Waals surface area contributed by atoms with Gasteiger partial charge in [0, 0.05) is 13.7 Å². The van der Waals surface area contributed by atoms with Gasteiger partial charge in [-0.25, -0.2) is 14.4 Å². The second-order valence-corrected chi connectivity index (χ2v) is 5.83. The molecule has 0 bridgehead atoms. The van der Waals surface area contributed by atoms with Gasteiger partial charge in [-0.2, -0.15) is 0 Å². The van der Waals surface area contributed by atoms with E-state index in [0.29, 0.717) is 23.9 Å². The fourth-order valence-electron chi connectivity index (χ4n) is 2.94. The normalized spacial score (nSPS) is 18.3. The number of ether oxygens (including phenoxy) is 1. The Morgan fingerprint density at radius 3 is 2.43 bits per heavy atom. The molecule has 21 heavy (non-hydrogen) atoms. The highest BCUT2D eigenvalue weighted by Crippen LogP contribution is 2.38. The minimum absolute atomic E-state index is 0.306. The third-order valence-corrected chi connectivity index (χ3v) is 4.27. The number of methoxy groups -OCH3 is 1. The van der Waals surface area contributed by atoms with Crippen LogP contribution in [0.25, 0.3) is 0 Å². The van der Waals surface area contributed by atoms with E-state index in [0.717, 1.165) is 32.1 Å². The van der Waals surface area contributed by atoms with Gasteiger partial charge in [-0.1, -0.05) is 32.6 Å². The first-order chi connectivity index (χ1) is 10.1. The molecule has 2 rings (SSSR count). The lowest BCUT2D eigenvalue weighted by atomic mass is 9.93. The maximum atomic E-state index is 14.2. The summed E-state index contributed by atoms with van der Waals surface area (Å²) in [5.74, 6) is 0.580. The SMILES string of the molecule is CCCNc1nc(C2(OC)CCCCCC2)nc(C)c1F. The molecular weight excluding hydrogens is 269 g/mol. The van der Waals surface area contributed by atoms with Crippen LogP contribution in [0.3, 0.4) is 0 Å². The molecule has 0 unspecified atom stereocenters. The van der Waals surface area contributed by atoms with Crippen LogP contribution >= 0.6 is 0 Å². The van der Waals surface area contributed by atoms with Gasteiger partial charge < -0.3 is 10.1 Å². The fraction of sp³-hybridized carbons (Fsp3) is 0.750. The zero-order valence-corrected chi connectivity index (χ0v) is 13.3. The van der Waals surface area contributed by atoms with Crippen molar-refractivity contribution in [1.29, 1.82) is 0 Å². The third kappa shape index (κ3) is 3.51. The molecule has 1 aromatic rings. The first-order valence-corrected chi connectivity index (χ1v) is 7.96. The van der Waals surface area contributed by atoms with Crippen LogP contribution in [0, 0.1) is 12.7 Å². The molecule has 4 nitrogen and oxygen atoms in total. The minimum Gasteiger partial charge on any atom is -0.370 e. The van der Waals surface area contributed by atoms with Gasteiger partial charge in [0.05, 0.1) is 5.69 Å². The number of aryl methyl sites for hydroxylation is 1. The van der Waals surface area contributed by atoms with E-state index in [1.807, 2.05) is 6.92 Å². The summed E-state index contributed by atoms with van der Waals surface area (Å²) in [6, 6.07) is 0. The van der Waals surface area contributed by atoms with Crippen LogP contribution in [0.5, 0.6) is 0 Å². The second-order valence-electron chi connectivity index (χ2n) is 5.83. The summed E-state index contributed by atoms with van der Waals surface area (Å²) < 4.78 is 20.0. The van der Waals surface area contributed by atoms with Gasteiger partial charge in [0.1, 0.15) is 5.60 Å². The molecule has 1 aromatic heterocycles. The maximum Gasteiger partial charge on any atom is 0.186 e. The molecule has 5 heteroatoms. The average Bonchev–Trinajstić information content (AvgIpc) is 2.75. The maximum absolute atomic E-state index is 14.2. The topological polar surface area (TPSA) is 47.0 Å². The molecule has 1 aliphatic carbocycles. The lowest BCUT2D eigenvalue weighted by Crippen LogP contribution is -2.31. The number of nitrogens with zero attached hydrogens (tertiary/aromatic N) is 2. The van der Waals surface area contributed by atoms with Crippen molar-refractivity contribution in [2.45, 2.75) is 64.4 Å². The largest absolute Gasteiger partial charge is 0.370 e. The number of hydrogen-bond acceptors (Lipinski definition) is 4. The summed E-state index contributed by atoms with van der Waals surface area (Å²) in [6.45, 7) is 4.44. The summed E-state index contributed by atoms with van der Waals surface area (Å²) in [7, 11) is 1.71. The van der Waals surface area contributed by atoms with Crippen molar-refractivity contribution in [3.8, 4) is 0 Å². The average molecular weight is 295 g/mol. The third-order valence-electron chi connectivity index (χ3n) is 4.27. The number of anilines is 1. The molecule has 1 saturated carbocycles. The van der Waals surface area contributed by atoms with Crippen molar-refractivity contribution in [2.24, 2.45) is 0 Å². The lowest BCUT2D eigenvalue weighted by Gasteiger charge is -2.30. The van der Waals surface area contributed by atoms with Crippen LogP contribution < -0.4 is 5.32 Å². The monoisotopic (exact) mass is 295 g/mol. The Hall–Kier alpha value is -1.23. The van der Waals surface area contributed by atoms with E-state index in [9.17, 15) is 4.39 Å². The molecule has 0 aromatic carbocycles. The number of aromatic nitrogens is 2. The van der Waals surface area contributed by atoms with E-state index in [1.54, 1.807) is 14.0 Å². The van der Waals surface area contributed by atoms with Gasteiger partial charge in [-0.05, 0) is 26.2 Å². The smallest absolute Gasteiger partial charge is 0.186 e. The highest BCUT2D eigenvalue weighted by atomic mass is 19.1. The number of halogens is 1. The van der Waals surface area contributed by atoms with Gasteiger partial charge in [0.2, 0.25) is 0 Å². The molecule has 118 valence electrons. The second kappa shape index (κ2) is 7.16. The van der Waals surface area contributed by atoms with Gasteiger partial charge in [0.15, 0.2) is 17.5 Å². The number of nitrogens with one attached hydrogen (secondary N) is 1. The first kappa shape index (κ1) is 16.1. The van der Waals surface area contributed by atoms with Crippen molar-refractivity contribution < 1.29 is 9.13 Å². The highest BCUT2D eigenvalue weighted by Gasteiger charge is 2.36. The van der Waals surface area contributed by atoms with Crippen LogP contribution in [0.4, 0.5) is 10.2 Å². The zero-order chi connectivity index (χ0) is 15.3. The van der Waals surface area contributed by atoms with Gasteiger partial charge in [0.25, 0.3) is 0 Å². The van der Waals surface area contributed by atoms with Crippen LogP contribution in [-0.2, 0) is 10.3 Å². The number of hydrogen-bond donors (Lipinski definition) is 1. The Balaban J connectivity index is 2.38. The molecule has 0 spiro atoms. The molecular formula is C16H26FN3O. The molecule has 0 amide bonds. The highest BCUT2D eigenvalue weighted by molar-refractivity contribution is 5.38. The van der Waals surface area contributed by atoms with E-state index < -0.39 is 5.60 Å². The molecule has 0 saturated heterocycles. The van der Waals surface area contributed by atoms with Crippen molar-refractivity contribution in [2.75, 3.05) is 19.0 Å². The standard InChI is InChI=1S/C16H26FN3O/c1-4-11-18-14-13(17)12(2)19-15(20-14)16(21-3)9-7-5-6-8-10-16/h4-11H2,1-3H3,(H,18,19,20). The van der Waals surface area contributed by atoms with Crippen LogP contribution in [0.2, 0.25) is 0 Å². The van der Waals surface area contributed by atoms with Crippen LogP contribution in [0.1, 0.15) is 63.4 Å². The van der Waals surface area contributed by atoms with E-state index in [2.05, 4.69) is 15.3 Å². The Morgan fingerprint density at radius 2 is 1.86 bits per heavy atom. The molecule has 1 fully saturated rings. The molecule has 1 heterocycles. The lowest BCUT2D eigenvalue weighted by molar-refractivity contribution is -0.0352. The van der Waals surface area contributed by atoms with Crippen molar-refractivity contribution in [1.82, 2.24) is 9.97 Å². The minimum atomic E-state index is -0.461. The van der Waals surface area contributed by atoms with Crippen LogP contribution in [-0.4, -0.2) is 23.6 Å². The Labute approximate surface area is 126 Å². The van der Waals surface area contributed by atoms with Gasteiger partial charge in [-0.15, -0.1) is 0 Å². The molecule has 0 atom stereocenters.